The molecule has 13 heteroatoms. The number of aliphatic hydroxyl groups is 2. The summed E-state index contributed by atoms with van der Waals surface area (Å²) in [6.45, 7) is 2.02. The molecule has 0 aliphatic carbocycles. The largest absolute Gasteiger partial charge is 0.388 e. The highest BCUT2D eigenvalue weighted by Crippen LogP contribution is 2.17. The number of halogens is 2. The Morgan fingerprint density at radius 1 is 0.913 bits per heavy atom. The maximum Gasteiger partial charge on any atom is 0.253 e. The summed E-state index contributed by atoms with van der Waals surface area (Å²) in [5.74, 6) is -2.79. The number of rotatable bonds is 17. The number of benzene rings is 2. The van der Waals surface area contributed by atoms with Gasteiger partial charge in [0.1, 0.15) is 29.9 Å². The van der Waals surface area contributed by atoms with Crippen molar-refractivity contribution in [2.45, 2.75) is 62.9 Å². The average Bonchev–Trinajstić information content (AvgIpc) is 3.05. The number of nitrogens with one attached hydrogen (secondary N) is 3. The SMILES string of the molecule is CCCCSCC(NC(=O)c1cccnc1)C(=O)NC(Cc1cc(F)cc(F)c1)C(O)C(O)C(CC#N)NC(=O)c1ccccc1. The first-order chi connectivity index (χ1) is 22.1. The monoisotopic (exact) mass is 653 g/mol. The van der Waals surface area contributed by atoms with Gasteiger partial charge in [-0.15, -0.1) is 0 Å². The fourth-order valence-corrected chi connectivity index (χ4v) is 5.70. The minimum atomic E-state index is -1.83. The van der Waals surface area contributed by atoms with E-state index in [1.54, 1.807) is 24.3 Å². The molecule has 5 N–H and O–H groups in total. The van der Waals surface area contributed by atoms with E-state index in [9.17, 15) is 38.6 Å². The Hall–Kier alpha value is -4.38. The van der Waals surface area contributed by atoms with Crippen LogP contribution in [0.15, 0.2) is 73.1 Å². The normalized spacial score (nSPS) is 14.2. The molecule has 0 spiro atoms. The summed E-state index contributed by atoms with van der Waals surface area (Å²) in [6, 6.07) is 12.0. The van der Waals surface area contributed by atoms with E-state index in [1.807, 2.05) is 13.0 Å². The lowest BCUT2D eigenvalue weighted by Gasteiger charge is -2.33. The van der Waals surface area contributed by atoms with E-state index in [4.69, 9.17) is 0 Å². The van der Waals surface area contributed by atoms with E-state index in [0.717, 1.165) is 25.0 Å². The van der Waals surface area contributed by atoms with Gasteiger partial charge in [0.15, 0.2) is 0 Å². The summed E-state index contributed by atoms with van der Waals surface area (Å²) in [6.07, 6.45) is 0.285. The van der Waals surface area contributed by atoms with E-state index < -0.39 is 66.1 Å². The molecular formula is C33H37F2N5O5S. The van der Waals surface area contributed by atoms with Crippen LogP contribution in [-0.4, -0.2) is 74.8 Å². The highest BCUT2D eigenvalue weighted by molar-refractivity contribution is 7.99. The zero-order valence-electron chi connectivity index (χ0n) is 25.2. The predicted molar refractivity (Wildman–Crippen MR) is 170 cm³/mol. The number of aliphatic hydroxyl groups excluding tert-OH is 2. The molecule has 0 saturated carbocycles. The van der Waals surface area contributed by atoms with E-state index >= 15 is 0 Å². The number of hydrogen-bond acceptors (Lipinski definition) is 8. The van der Waals surface area contributed by atoms with Crippen molar-refractivity contribution in [1.82, 2.24) is 20.9 Å². The van der Waals surface area contributed by atoms with Crippen LogP contribution in [0.1, 0.15) is 52.5 Å². The Bertz CT molecular complexity index is 1460. The van der Waals surface area contributed by atoms with Crippen molar-refractivity contribution in [1.29, 1.82) is 5.26 Å². The highest BCUT2D eigenvalue weighted by Gasteiger charge is 2.36. The number of carbonyl (C=O) groups is 3. The molecule has 2 aromatic carbocycles. The number of nitriles is 1. The van der Waals surface area contributed by atoms with Gasteiger partial charge in [-0.25, -0.2) is 8.78 Å². The molecule has 5 unspecified atom stereocenters. The molecule has 5 atom stereocenters. The molecule has 0 aliphatic rings. The van der Waals surface area contributed by atoms with Gasteiger partial charge >= 0.3 is 0 Å². The second-order valence-electron chi connectivity index (χ2n) is 10.6. The number of amides is 3. The van der Waals surface area contributed by atoms with Gasteiger partial charge in [0.2, 0.25) is 5.91 Å². The molecule has 3 rings (SSSR count). The van der Waals surface area contributed by atoms with Crippen LogP contribution in [0.2, 0.25) is 0 Å². The maximum absolute atomic E-state index is 14.1. The Morgan fingerprint density at radius 3 is 2.20 bits per heavy atom. The first-order valence-corrected chi connectivity index (χ1v) is 15.9. The van der Waals surface area contributed by atoms with Gasteiger partial charge in [-0.3, -0.25) is 19.4 Å². The van der Waals surface area contributed by atoms with Crippen molar-refractivity contribution in [2.75, 3.05) is 11.5 Å². The summed E-state index contributed by atoms with van der Waals surface area (Å²) in [5.41, 5.74) is 0.530. The molecule has 10 nitrogen and oxygen atoms in total. The van der Waals surface area contributed by atoms with Gasteiger partial charge in [0.05, 0.1) is 30.1 Å². The summed E-state index contributed by atoms with van der Waals surface area (Å²) < 4.78 is 28.2. The minimum Gasteiger partial charge on any atom is -0.388 e. The van der Waals surface area contributed by atoms with Gasteiger partial charge in [-0.1, -0.05) is 31.5 Å². The molecule has 0 bridgehead atoms. The van der Waals surface area contributed by atoms with Crippen LogP contribution in [0.5, 0.6) is 0 Å². The number of aromatic nitrogens is 1. The zero-order chi connectivity index (χ0) is 33.5. The molecule has 244 valence electrons. The average molecular weight is 654 g/mol. The zero-order valence-corrected chi connectivity index (χ0v) is 26.1. The fourth-order valence-electron chi connectivity index (χ4n) is 4.57. The van der Waals surface area contributed by atoms with Crippen molar-refractivity contribution < 1.29 is 33.4 Å². The molecule has 3 amide bonds. The lowest BCUT2D eigenvalue weighted by atomic mass is 9.92. The van der Waals surface area contributed by atoms with Gasteiger partial charge in [-0.05, 0) is 60.6 Å². The molecule has 1 heterocycles. The van der Waals surface area contributed by atoms with Crippen molar-refractivity contribution in [3.63, 3.8) is 0 Å². The topological polar surface area (TPSA) is 164 Å². The quantitative estimate of drug-likeness (QED) is 0.139. The Morgan fingerprint density at radius 2 is 1.57 bits per heavy atom. The molecule has 1 aromatic heterocycles. The van der Waals surface area contributed by atoms with Gasteiger partial charge in [0.25, 0.3) is 11.8 Å². The van der Waals surface area contributed by atoms with E-state index in [2.05, 4.69) is 20.9 Å². The van der Waals surface area contributed by atoms with Gasteiger partial charge in [-0.2, -0.15) is 17.0 Å². The number of thioether (sulfide) groups is 1. The van der Waals surface area contributed by atoms with Crippen LogP contribution < -0.4 is 16.0 Å². The van der Waals surface area contributed by atoms with E-state index in [1.165, 1.54) is 42.4 Å². The van der Waals surface area contributed by atoms with Crippen LogP contribution in [0.25, 0.3) is 0 Å². The number of unbranched alkanes of at least 4 members (excludes halogenated alkanes) is 1. The van der Waals surface area contributed by atoms with Crippen molar-refractivity contribution >= 4 is 29.5 Å². The molecule has 46 heavy (non-hydrogen) atoms. The van der Waals surface area contributed by atoms with Crippen molar-refractivity contribution in [3.05, 3.63) is 101 Å². The highest BCUT2D eigenvalue weighted by atomic mass is 32.2. The van der Waals surface area contributed by atoms with Crippen LogP contribution in [-0.2, 0) is 11.2 Å². The predicted octanol–water partition coefficient (Wildman–Crippen LogP) is 3.15. The summed E-state index contributed by atoms with van der Waals surface area (Å²) in [7, 11) is 0. The number of nitrogens with zero attached hydrogens (tertiary/aromatic N) is 2. The molecule has 0 radical (unpaired) electrons. The van der Waals surface area contributed by atoms with Crippen molar-refractivity contribution in [2.24, 2.45) is 0 Å². The fraction of sp³-hybridized carbons (Fsp3) is 0.364. The van der Waals surface area contributed by atoms with Crippen LogP contribution >= 0.6 is 11.8 Å². The number of hydrogen-bond donors (Lipinski definition) is 5. The van der Waals surface area contributed by atoms with Crippen LogP contribution in [0, 0.1) is 23.0 Å². The molecule has 0 fully saturated rings. The van der Waals surface area contributed by atoms with Crippen LogP contribution in [0.4, 0.5) is 8.78 Å². The molecule has 3 aromatic rings. The van der Waals surface area contributed by atoms with E-state index in [0.29, 0.717) is 11.8 Å². The molecular weight excluding hydrogens is 616 g/mol. The second-order valence-corrected chi connectivity index (χ2v) is 11.7. The number of pyridine rings is 1. The lowest BCUT2D eigenvalue weighted by Crippen LogP contribution is -2.59. The Balaban J connectivity index is 1.88. The third-order valence-corrected chi connectivity index (χ3v) is 8.16. The first-order valence-electron chi connectivity index (χ1n) is 14.8. The maximum atomic E-state index is 14.1. The van der Waals surface area contributed by atoms with Crippen molar-refractivity contribution in [3.8, 4) is 6.07 Å². The Labute approximate surface area is 270 Å². The number of carbonyl (C=O) groups excluding carboxylic acids is 3. The lowest BCUT2D eigenvalue weighted by molar-refractivity contribution is -0.125. The third-order valence-electron chi connectivity index (χ3n) is 7.02. The smallest absolute Gasteiger partial charge is 0.253 e. The standard InChI is InChI=1S/C33H37F2N5O5S/c1-2-3-14-46-20-28(40-32(44)23-10-7-13-37-19-23)33(45)39-27(17-21-15-24(34)18-25(35)16-21)30(42)29(41)26(11-12-36)38-31(43)22-8-5-4-6-9-22/h4-10,13,15-16,18-19,26-30,41-42H,2-3,11,14,17,20H2,1H3,(H,38,43)(H,39,45)(H,40,44). The second kappa shape index (κ2) is 18.6. The Kier molecular flexibility index (Phi) is 14.6. The summed E-state index contributed by atoms with van der Waals surface area (Å²) >= 11 is 1.43. The van der Waals surface area contributed by atoms with E-state index in [-0.39, 0.29) is 28.9 Å². The minimum absolute atomic E-state index is 0.0625. The molecule has 0 saturated heterocycles. The first kappa shape index (κ1) is 36.1. The van der Waals surface area contributed by atoms with Gasteiger partial charge < -0.3 is 26.2 Å². The van der Waals surface area contributed by atoms with Crippen LogP contribution in [0.3, 0.4) is 0 Å². The van der Waals surface area contributed by atoms with Gasteiger partial charge in [0, 0.05) is 29.8 Å². The summed E-state index contributed by atoms with van der Waals surface area (Å²) in [5, 5.41) is 39.9. The third kappa shape index (κ3) is 11.2. The molecule has 0 aliphatic heterocycles. The summed E-state index contributed by atoms with van der Waals surface area (Å²) in [4.78, 5) is 43.4.